The molecule has 2 N–H and O–H groups in total. The van der Waals surface area contributed by atoms with Gasteiger partial charge in [-0.05, 0) is 55.3 Å². The summed E-state index contributed by atoms with van der Waals surface area (Å²) in [6.07, 6.45) is 2.23. The van der Waals surface area contributed by atoms with E-state index >= 15 is 0 Å². The summed E-state index contributed by atoms with van der Waals surface area (Å²) < 4.78 is 24.0. The van der Waals surface area contributed by atoms with Crippen molar-refractivity contribution in [1.29, 1.82) is 0 Å². The van der Waals surface area contributed by atoms with Gasteiger partial charge in [-0.25, -0.2) is 9.87 Å². The summed E-state index contributed by atoms with van der Waals surface area (Å²) in [7, 11) is 1.56. The largest absolute Gasteiger partial charge is 0.497 e. The van der Waals surface area contributed by atoms with Crippen LogP contribution in [0.1, 0.15) is 37.9 Å². The molecule has 3 aromatic rings. The lowest BCUT2D eigenvalue weighted by Crippen LogP contribution is -2.30. The van der Waals surface area contributed by atoms with E-state index in [1.54, 1.807) is 53.9 Å². The number of ether oxygens (including phenoxy) is 1. The quantitative estimate of drug-likeness (QED) is 0.255. The van der Waals surface area contributed by atoms with E-state index in [0.29, 0.717) is 36.3 Å². The molecule has 9 nitrogen and oxygen atoms in total. The number of nitrogens with one attached hydrogen (secondary N) is 1. The van der Waals surface area contributed by atoms with Crippen LogP contribution < -0.4 is 15.1 Å². The highest BCUT2D eigenvalue weighted by atomic mass is 19.1. The molecule has 0 fully saturated rings. The topological polar surface area (TPSA) is 118 Å². The molecular weight excluding hydrogens is 431 g/mol. The van der Waals surface area contributed by atoms with Crippen molar-refractivity contribution in [2.24, 2.45) is 0 Å². The Bertz CT molecular complexity index is 1070. The van der Waals surface area contributed by atoms with Gasteiger partial charge in [0.25, 0.3) is 5.89 Å². The average molecular weight is 456 g/mol. The number of carbonyl (C=O) groups excluding carboxylic acids is 2. The van der Waals surface area contributed by atoms with Gasteiger partial charge in [-0.1, -0.05) is 17.6 Å². The van der Waals surface area contributed by atoms with Gasteiger partial charge >= 0.3 is 0 Å². The van der Waals surface area contributed by atoms with Crippen LogP contribution in [0.4, 0.5) is 10.1 Å². The maximum Gasteiger partial charge on any atom is 0.258 e. The smallest absolute Gasteiger partial charge is 0.258 e. The molecule has 0 saturated carbocycles. The summed E-state index contributed by atoms with van der Waals surface area (Å²) in [5.74, 6) is 0.0723. The first-order valence-electron chi connectivity index (χ1n) is 10.5. The van der Waals surface area contributed by atoms with Crippen LogP contribution in [0, 0.1) is 5.82 Å². The Morgan fingerprint density at radius 3 is 2.58 bits per heavy atom. The van der Waals surface area contributed by atoms with Crippen LogP contribution in [0.15, 0.2) is 53.1 Å². The minimum Gasteiger partial charge on any atom is -0.497 e. The Hall–Kier alpha value is -3.79. The van der Waals surface area contributed by atoms with E-state index in [1.807, 2.05) is 0 Å². The van der Waals surface area contributed by atoms with Crippen molar-refractivity contribution in [3.8, 4) is 17.2 Å². The maximum atomic E-state index is 13.5. The zero-order valence-corrected chi connectivity index (χ0v) is 18.2. The second kappa shape index (κ2) is 11.7. The van der Waals surface area contributed by atoms with Gasteiger partial charge < -0.3 is 14.2 Å². The molecular formula is C23H25FN4O5. The van der Waals surface area contributed by atoms with Crippen molar-refractivity contribution in [2.75, 3.05) is 12.0 Å². The number of methoxy groups -OCH3 is 1. The van der Waals surface area contributed by atoms with E-state index in [1.165, 1.54) is 12.1 Å². The number of unbranched alkanes of at least 4 members (excludes halogenated alkanes) is 2. The predicted molar refractivity (Wildman–Crippen MR) is 117 cm³/mol. The number of hydroxylamine groups is 1. The van der Waals surface area contributed by atoms with Crippen LogP contribution >= 0.6 is 0 Å². The second-order valence-electron chi connectivity index (χ2n) is 7.30. The number of benzene rings is 2. The summed E-state index contributed by atoms with van der Waals surface area (Å²) in [5.41, 5.74) is 2.67. The number of carbonyl (C=O) groups is 2. The highest BCUT2D eigenvalue weighted by Gasteiger charge is 2.20. The van der Waals surface area contributed by atoms with Crippen LogP contribution in [0.3, 0.4) is 0 Å². The van der Waals surface area contributed by atoms with Crippen molar-refractivity contribution in [2.45, 2.75) is 38.6 Å². The minimum atomic E-state index is -0.451. The van der Waals surface area contributed by atoms with E-state index in [-0.39, 0.29) is 37.0 Å². The summed E-state index contributed by atoms with van der Waals surface area (Å²) in [6, 6.07) is 12.8. The van der Waals surface area contributed by atoms with Crippen LogP contribution in [-0.4, -0.2) is 34.3 Å². The highest BCUT2D eigenvalue weighted by molar-refractivity contribution is 5.93. The maximum absolute atomic E-state index is 13.5. The summed E-state index contributed by atoms with van der Waals surface area (Å²) in [5, 5.41) is 12.5. The summed E-state index contributed by atoms with van der Waals surface area (Å²) in [6.45, 7) is 0.0664. The highest BCUT2D eigenvalue weighted by Crippen LogP contribution is 2.24. The Balaban J connectivity index is 1.70. The molecule has 0 atom stereocenters. The fourth-order valence-electron chi connectivity index (χ4n) is 3.21. The minimum absolute atomic E-state index is 0.0664. The average Bonchev–Trinajstić information content (AvgIpc) is 3.31. The first-order chi connectivity index (χ1) is 16.0. The molecule has 10 heteroatoms. The number of aromatic nitrogens is 2. The van der Waals surface area contributed by atoms with Gasteiger partial charge in [0, 0.05) is 24.1 Å². The Kier molecular flexibility index (Phi) is 8.48. The molecule has 0 spiro atoms. The number of nitrogens with zero attached hydrogens (tertiary/aromatic N) is 3. The van der Waals surface area contributed by atoms with Crippen LogP contribution in [0.2, 0.25) is 0 Å². The summed E-state index contributed by atoms with van der Waals surface area (Å²) >= 11 is 0. The molecule has 2 aromatic carbocycles. The monoisotopic (exact) mass is 456 g/mol. The number of hydrogen-bond donors (Lipinski definition) is 2. The van der Waals surface area contributed by atoms with Gasteiger partial charge in [0.15, 0.2) is 5.82 Å². The normalized spacial score (nSPS) is 10.6. The molecule has 0 aliphatic carbocycles. The van der Waals surface area contributed by atoms with Gasteiger partial charge in [0.05, 0.1) is 13.7 Å². The molecule has 0 aliphatic heterocycles. The molecule has 2 amide bonds. The third kappa shape index (κ3) is 6.84. The fourth-order valence-corrected chi connectivity index (χ4v) is 3.21. The third-order valence-corrected chi connectivity index (χ3v) is 4.94. The van der Waals surface area contributed by atoms with Crippen LogP contribution in [0.25, 0.3) is 11.5 Å². The van der Waals surface area contributed by atoms with E-state index < -0.39 is 11.7 Å². The van der Waals surface area contributed by atoms with Gasteiger partial charge in [0.1, 0.15) is 11.6 Å². The zero-order valence-electron chi connectivity index (χ0n) is 18.2. The van der Waals surface area contributed by atoms with Crippen molar-refractivity contribution in [1.82, 2.24) is 15.6 Å². The molecule has 33 heavy (non-hydrogen) atoms. The number of rotatable bonds is 11. The van der Waals surface area contributed by atoms with E-state index in [2.05, 4.69) is 10.1 Å². The van der Waals surface area contributed by atoms with E-state index in [0.717, 1.165) is 0 Å². The lowest BCUT2D eigenvalue weighted by molar-refractivity contribution is -0.129. The van der Waals surface area contributed by atoms with Crippen molar-refractivity contribution >= 4 is 17.5 Å². The molecule has 0 unspecified atom stereocenters. The van der Waals surface area contributed by atoms with Gasteiger partial charge in [-0.3, -0.25) is 14.8 Å². The molecule has 0 bridgehead atoms. The SMILES string of the molecule is COc1ccc(N(Cc2noc(-c3cccc(F)c3)n2)C(=O)CCCCCC(=O)NO)cc1. The number of halogens is 1. The molecule has 0 aliphatic rings. The molecule has 0 radical (unpaired) electrons. The van der Waals surface area contributed by atoms with Crippen molar-refractivity contribution < 1.29 is 28.4 Å². The first kappa shape index (κ1) is 23.9. The number of hydrogen-bond acceptors (Lipinski definition) is 7. The van der Waals surface area contributed by atoms with Gasteiger partial charge in [0.2, 0.25) is 11.8 Å². The molecule has 0 saturated heterocycles. The fraction of sp³-hybridized carbons (Fsp3) is 0.304. The van der Waals surface area contributed by atoms with E-state index in [4.69, 9.17) is 14.5 Å². The summed E-state index contributed by atoms with van der Waals surface area (Å²) in [4.78, 5) is 30.0. The standard InChI is InChI=1S/C23H25FN4O5/c1-32-19-12-10-18(11-13-19)28(22(30)9-4-2-3-8-21(29)26-31)15-20-25-23(33-27-20)16-6-5-7-17(24)14-16/h5-7,10-14,31H,2-4,8-9,15H2,1H3,(H,26,29). The third-order valence-electron chi connectivity index (χ3n) is 4.94. The Morgan fingerprint density at radius 2 is 1.88 bits per heavy atom. The lowest BCUT2D eigenvalue weighted by atomic mass is 10.1. The zero-order chi connectivity index (χ0) is 23.6. The Morgan fingerprint density at radius 1 is 1.12 bits per heavy atom. The molecule has 3 rings (SSSR count). The molecule has 1 heterocycles. The van der Waals surface area contributed by atoms with Gasteiger partial charge in [-0.2, -0.15) is 4.98 Å². The van der Waals surface area contributed by atoms with Crippen molar-refractivity contribution in [3.05, 3.63) is 60.2 Å². The first-order valence-corrected chi connectivity index (χ1v) is 10.5. The number of amides is 2. The van der Waals surface area contributed by atoms with Crippen LogP contribution in [-0.2, 0) is 16.1 Å². The number of anilines is 1. The second-order valence-corrected chi connectivity index (χ2v) is 7.30. The molecule has 1 aromatic heterocycles. The lowest BCUT2D eigenvalue weighted by Gasteiger charge is -2.21. The molecule has 174 valence electrons. The predicted octanol–water partition coefficient (Wildman–Crippen LogP) is 3.87. The van der Waals surface area contributed by atoms with Crippen LogP contribution in [0.5, 0.6) is 5.75 Å². The van der Waals surface area contributed by atoms with Crippen molar-refractivity contribution in [3.63, 3.8) is 0 Å². The van der Waals surface area contributed by atoms with E-state index in [9.17, 15) is 14.0 Å². The van der Waals surface area contributed by atoms with Gasteiger partial charge in [-0.15, -0.1) is 0 Å². The Labute approximate surface area is 190 Å².